The zero-order valence-corrected chi connectivity index (χ0v) is 61.7. The summed E-state index contributed by atoms with van der Waals surface area (Å²) in [6.45, 7) is 28.6. The quantitative estimate of drug-likeness (QED) is 0.0220. The topological polar surface area (TPSA) is 346 Å². The number of nitrogens with zero attached hydrogens (tertiary/aromatic N) is 8. The summed E-state index contributed by atoms with van der Waals surface area (Å²) in [5.41, 5.74) is 10.0. The van der Waals surface area contributed by atoms with Gasteiger partial charge in [-0.15, -0.1) is 34.0 Å². The predicted octanol–water partition coefficient (Wildman–Crippen LogP) is 9.95. The first-order chi connectivity index (χ1) is 46.5. The molecule has 0 spiro atoms. The molecule has 540 valence electrons. The summed E-state index contributed by atoms with van der Waals surface area (Å²) in [6, 6.07) is 4.39. The Morgan fingerprint density at radius 3 is 1.34 bits per heavy atom. The fourth-order valence-electron chi connectivity index (χ4n) is 9.56. The summed E-state index contributed by atoms with van der Waals surface area (Å²) in [7, 11) is 0. The van der Waals surface area contributed by atoms with Gasteiger partial charge in [-0.25, -0.2) is 44.3 Å². The number of piperidine rings is 3. The van der Waals surface area contributed by atoms with Crippen LogP contribution < -0.4 is 56.5 Å². The Morgan fingerprint density at radius 2 is 0.990 bits per heavy atom. The van der Waals surface area contributed by atoms with Crippen LogP contribution in [0.4, 0.5) is 57.3 Å². The Balaban J connectivity index is 0.000000286. The molecule has 7 amide bonds. The number of carbonyl (C=O) groups excluding carboxylic acids is 8. The number of rotatable bonds is 10. The van der Waals surface area contributed by atoms with Crippen LogP contribution in [0.15, 0.2) is 52.9 Å². The first kappa shape index (κ1) is 84.3. The summed E-state index contributed by atoms with van der Waals surface area (Å²) in [5, 5.41) is 24.8. The van der Waals surface area contributed by atoms with Gasteiger partial charge in [-0.05, 0) is 176 Å². The van der Waals surface area contributed by atoms with Gasteiger partial charge in [0.25, 0.3) is 0 Å². The average Bonchev–Trinajstić information content (AvgIpc) is 1.48. The van der Waals surface area contributed by atoms with Crippen LogP contribution in [-0.4, -0.2) is 138 Å². The molecule has 3 unspecified atom stereocenters. The summed E-state index contributed by atoms with van der Waals surface area (Å²) >= 11 is 4.85. The second-order valence-electron chi connectivity index (χ2n) is 25.4. The number of nitrogen functional groups attached to an aromatic ring is 1. The van der Waals surface area contributed by atoms with Gasteiger partial charge >= 0.3 is 72.7 Å². The zero-order valence-electron chi connectivity index (χ0n) is 59.2. The van der Waals surface area contributed by atoms with Gasteiger partial charge in [-0.1, -0.05) is 13.3 Å². The molecule has 100 heavy (non-hydrogen) atoms. The number of anilines is 6. The number of carbonyl (C=O) groups is 8. The third-order valence-corrected chi connectivity index (χ3v) is 17.5. The van der Waals surface area contributed by atoms with E-state index in [1.807, 2.05) is 24.6 Å². The number of esters is 1. The van der Waals surface area contributed by atoms with Gasteiger partial charge in [0.05, 0.1) is 52.7 Å². The molecule has 9 rings (SSSR count). The fraction of sp³-hybridized carbons (Fsp3) is 0.507. The Morgan fingerprint density at radius 1 is 0.590 bits per heavy atom. The molecule has 26 nitrogen and oxygen atoms in total. The Kier molecular flexibility index (Phi) is 33.5. The van der Waals surface area contributed by atoms with E-state index in [0.29, 0.717) is 53.1 Å². The van der Waals surface area contributed by atoms with Crippen LogP contribution in [0.1, 0.15) is 179 Å². The van der Waals surface area contributed by atoms with E-state index < -0.39 is 71.7 Å². The molecule has 3 saturated heterocycles. The predicted molar refractivity (Wildman–Crippen MR) is 376 cm³/mol. The van der Waals surface area contributed by atoms with Gasteiger partial charge in [-0.3, -0.25) is 34.6 Å². The van der Waals surface area contributed by atoms with Crippen LogP contribution in [0.5, 0.6) is 0 Å². The molecule has 6 aromatic heterocycles. The Labute approximate surface area is 605 Å². The van der Waals surface area contributed by atoms with E-state index >= 15 is 0 Å². The van der Waals surface area contributed by atoms with E-state index in [-0.39, 0.29) is 42.4 Å². The second-order valence-corrected chi connectivity index (χ2v) is 28.1. The number of aryl methyl sites for hydroxylation is 6. The molecule has 0 aromatic carbocycles. The van der Waals surface area contributed by atoms with E-state index in [9.17, 15) is 51.5 Å². The molecule has 3 atom stereocenters. The van der Waals surface area contributed by atoms with Crippen molar-refractivity contribution in [1.29, 1.82) is 0 Å². The van der Waals surface area contributed by atoms with Crippen LogP contribution in [0.2, 0.25) is 0 Å². The van der Waals surface area contributed by atoms with Gasteiger partial charge in [0.1, 0.15) is 38.7 Å². The second kappa shape index (κ2) is 39.7. The minimum absolute atomic E-state index is 0. The summed E-state index contributed by atoms with van der Waals surface area (Å²) < 4.78 is 50.0. The SMILES string of the molecule is Cc1cc(NC(=O)C(=O)OCC(F)(F)F)cnc1NC(=O)OC(C)(C)C.Cc1csc(C2CCCCN2C(=O)C(=O)Nc2cnc(N)c(C)c2)n1.Cc1csc(C2CCCCN2C(=O)C(=O)Nc2cnc(NC(=O)OC(C)(C)C)c(C)c2)n1.Cc1csc(C2CCCNC2)n1.[CH2-]CCC.[Li+]. The molecule has 0 saturated carbocycles. The van der Waals surface area contributed by atoms with Crippen LogP contribution in [-0.2, 0) is 43.0 Å². The Hall–Kier alpha value is -8.15. The van der Waals surface area contributed by atoms with Crippen molar-refractivity contribution in [3.63, 3.8) is 0 Å². The van der Waals surface area contributed by atoms with E-state index in [4.69, 9.17) is 15.2 Å². The molecule has 8 N–H and O–H groups in total. The first-order valence-corrected chi connectivity index (χ1v) is 34.9. The number of hydrogen-bond acceptors (Lipinski definition) is 22. The first-order valence-electron chi connectivity index (χ1n) is 32.2. The van der Waals surface area contributed by atoms with E-state index in [0.717, 1.165) is 84.7 Å². The van der Waals surface area contributed by atoms with E-state index in [1.165, 1.54) is 77.6 Å². The maximum atomic E-state index is 12.9. The fourth-order valence-corrected chi connectivity index (χ4v) is 12.4. The molecule has 33 heteroatoms. The number of unbranched alkanes of at least 4 members (excludes halogenated alkanes) is 1. The number of likely N-dealkylation sites (tertiary alicyclic amines) is 2. The van der Waals surface area contributed by atoms with Crippen molar-refractivity contribution in [3.8, 4) is 0 Å². The standard InChI is InChI=1S/C22H29N5O4S.C17H21N5O2S.C15H18F3N3O5.C9H14N2S.C4H9.Li/c1-13-10-15(11-23-17(13)26-21(30)31-22(3,4)5)25-18(28)20(29)27-9-7-6-8-16(27)19-24-14(2)12-32-19;1-10-7-12(8-19-14(10)18)21-15(23)17(24)22-6-4-3-5-13(22)16-20-11(2)9-25-16;1-8-5-9(20-11(22)12(23)25-7-15(16,17)18)6-19-10(8)21-13(24)26-14(2,3)4;1-7-6-12-9(11-7)8-3-2-4-10-5-8;1-3-4-2;/h10-12,16H,6-9H2,1-5H3,(H,25,28)(H,23,26,30);7-9,13H,3-6H2,1-2H3,(H2,18,19)(H,21,23);5-6H,7H2,1-4H3,(H,20,22)(H,19,21,24);6,8,10H,2-5H2,1H3;1,3-4H2,2H3;/q;;;;-1;+1. The van der Waals surface area contributed by atoms with Gasteiger partial charge in [0.15, 0.2) is 6.61 Å². The number of thiazole rings is 3. The number of nitrogens with one attached hydrogen (secondary N) is 6. The molecule has 3 aliphatic rings. The smallest absolute Gasteiger partial charge is 0.449 e. The summed E-state index contributed by atoms with van der Waals surface area (Å²) in [5.74, 6) is -4.03. The molecule has 0 radical (unpaired) electrons. The van der Waals surface area contributed by atoms with Crippen LogP contribution in [0, 0.1) is 48.5 Å². The van der Waals surface area contributed by atoms with Gasteiger partial charge in [0.2, 0.25) is 0 Å². The number of ether oxygens (including phenoxy) is 3. The largest absolute Gasteiger partial charge is 1.00 e. The van der Waals surface area contributed by atoms with Gasteiger partial charge < -0.3 is 57.9 Å². The maximum Gasteiger partial charge on any atom is 1.00 e. The van der Waals surface area contributed by atoms with Crippen molar-refractivity contribution in [2.75, 3.05) is 65.1 Å². The number of aromatic nitrogens is 6. The molecule has 6 aromatic rings. The number of hydrogen-bond donors (Lipinski definition) is 7. The molecule has 3 aliphatic heterocycles. The monoisotopic (exact) mass is 1440 g/mol. The zero-order chi connectivity index (χ0) is 73.4. The minimum Gasteiger partial charge on any atom is -0.449 e. The number of amides is 7. The van der Waals surface area contributed by atoms with Gasteiger partial charge in [-0.2, -0.15) is 19.6 Å². The van der Waals surface area contributed by atoms with Crippen molar-refractivity contribution in [2.24, 2.45) is 0 Å². The van der Waals surface area contributed by atoms with Crippen molar-refractivity contribution in [2.45, 2.75) is 190 Å². The van der Waals surface area contributed by atoms with Crippen LogP contribution in [0.25, 0.3) is 0 Å². The number of nitrogens with two attached hydrogens (primary N) is 1. The molecular formula is C67H91F3LiN15O11S3. The van der Waals surface area contributed by atoms with Gasteiger partial charge in [0, 0.05) is 58.8 Å². The van der Waals surface area contributed by atoms with Crippen LogP contribution in [0.3, 0.4) is 0 Å². The van der Waals surface area contributed by atoms with E-state index in [1.54, 1.807) is 95.6 Å². The molecule has 3 fully saturated rings. The number of pyridine rings is 3. The van der Waals surface area contributed by atoms with Crippen molar-refractivity contribution < 1.29 is 84.6 Å². The molecule has 0 bridgehead atoms. The summed E-state index contributed by atoms with van der Waals surface area (Å²) in [4.78, 5) is 126. The Bertz CT molecular complexity index is 3720. The normalized spacial score (nSPS) is 15.8. The maximum absolute atomic E-state index is 12.9. The molecule has 0 aliphatic carbocycles. The minimum atomic E-state index is -4.73. The number of alkyl halides is 3. The molecular weight excluding hydrogens is 1350 g/mol. The molecule has 9 heterocycles. The third-order valence-electron chi connectivity index (χ3n) is 14.2. The average molecular weight is 1440 g/mol. The van der Waals surface area contributed by atoms with Crippen LogP contribution >= 0.6 is 34.0 Å². The van der Waals surface area contributed by atoms with Crippen molar-refractivity contribution in [3.05, 3.63) is 109 Å². The van der Waals surface area contributed by atoms with Crippen molar-refractivity contribution >= 4 is 116 Å². The number of halogens is 3. The van der Waals surface area contributed by atoms with E-state index in [2.05, 4.69) is 92.7 Å². The summed E-state index contributed by atoms with van der Waals surface area (Å²) in [6.07, 6.45) is 8.11. The third kappa shape index (κ3) is 28.8. The van der Waals surface area contributed by atoms with Crippen molar-refractivity contribution in [1.82, 2.24) is 45.0 Å².